The van der Waals surface area contributed by atoms with Gasteiger partial charge in [-0.2, -0.15) is 26.3 Å². The van der Waals surface area contributed by atoms with E-state index in [1.807, 2.05) is 0 Å². The lowest BCUT2D eigenvalue weighted by Crippen LogP contribution is -2.16. The van der Waals surface area contributed by atoms with Crippen LogP contribution in [0.1, 0.15) is 21.7 Å². The van der Waals surface area contributed by atoms with Crippen molar-refractivity contribution >= 4 is 22.4 Å². The van der Waals surface area contributed by atoms with Crippen molar-refractivity contribution in [3.8, 4) is 22.3 Å². The normalized spacial score (nSPS) is 11.9. The number of aromatic nitrogens is 4. The number of amides is 1. The van der Waals surface area contributed by atoms with Gasteiger partial charge in [0, 0.05) is 0 Å². The van der Waals surface area contributed by atoms with Gasteiger partial charge in [0.05, 0.1) is 24.8 Å². The molecule has 8 nitrogen and oxygen atoms in total. The first kappa shape index (κ1) is 23.2. The molecule has 3 rings (SSSR count). The third kappa shape index (κ3) is 4.71. The molecular formula is C17H11F6N5O3S. The summed E-state index contributed by atoms with van der Waals surface area (Å²) in [6.45, 7) is 0. The highest BCUT2D eigenvalue weighted by molar-refractivity contribution is 7.19. The van der Waals surface area contributed by atoms with E-state index in [4.69, 9.17) is 9.47 Å². The van der Waals surface area contributed by atoms with Crippen molar-refractivity contribution in [2.24, 2.45) is 0 Å². The van der Waals surface area contributed by atoms with Gasteiger partial charge >= 0.3 is 12.4 Å². The molecule has 0 fully saturated rings. The number of nitrogens with one attached hydrogen (secondary N) is 1. The number of hydrogen-bond donors (Lipinski definition) is 1. The van der Waals surface area contributed by atoms with Crippen LogP contribution in [-0.2, 0) is 12.4 Å². The van der Waals surface area contributed by atoms with Crippen molar-refractivity contribution in [3.05, 3.63) is 41.5 Å². The third-order valence-electron chi connectivity index (χ3n) is 3.78. The third-order valence-corrected chi connectivity index (χ3v) is 4.77. The molecule has 3 aromatic rings. The number of anilines is 1. The van der Waals surface area contributed by atoms with Crippen LogP contribution in [0.15, 0.2) is 24.5 Å². The summed E-state index contributed by atoms with van der Waals surface area (Å²) in [5.74, 6) is -1.45. The summed E-state index contributed by atoms with van der Waals surface area (Å²) in [7, 11) is 2.39. The molecule has 0 aliphatic rings. The molecule has 0 atom stereocenters. The monoisotopic (exact) mass is 479 g/mol. The summed E-state index contributed by atoms with van der Waals surface area (Å²) in [6, 6.07) is 2.51. The fourth-order valence-corrected chi connectivity index (χ4v) is 3.43. The number of methoxy groups -OCH3 is 2. The van der Waals surface area contributed by atoms with Crippen LogP contribution in [0.4, 0.5) is 31.5 Å². The van der Waals surface area contributed by atoms with Crippen LogP contribution in [0, 0.1) is 0 Å². The second kappa shape index (κ2) is 8.57. The van der Waals surface area contributed by atoms with Gasteiger partial charge in [0.1, 0.15) is 12.0 Å². The number of nitrogens with zero attached hydrogens (tertiary/aromatic N) is 4. The van der Waals surface area contributed by atoms with Crippen LogP contribution in [0.5, 0.6) is 11.8 Å². The van der Waals surface area contributed by atoms with E-state index in [0.717, 1.165) is 18.5 Å². The van der Waals surface area contributed by atoms with E-state index in [2.05, 4.69) is 25.3 Å². The highest BCUT2D eigenvalue weighted by Gasteiger charge is 2.40. The molecule has 0 saturated heterocycles. The zero-order chi connectivity index (χ0) is 23.7. The van der Waals surface area contributed by atoms with E-state index < -0.39 is 45.4 Å². The Balaban J connectivity index is 2.05. The molecule has 15 heteroatoms. The SMILES string of the molecule is COc1ncnc(OC)c1C(=O)Nc1nc(C(F)(F)F)c(-c2cccc(C(F)(F)F)n2)s1. The van der Waals surface area contributed by atoms with Gasteiger partial charge in [-0.05, 0) is 12.1 Å². The number of thiazole rings is 1. The Kier molecular flexibility index (Phi) is 6.20. The zero-order valence-electron chi connectivity index (χ0n) is 16.0. The Bertz CT molecular complexity index is 1130. The Labute approximate surface area is 179 Å². The first-order chi connectivity index (χ1) is 15.0. The van der Waals surface area contributed by atoms with Crippen molar-refractivity contribution in [2.75, 3.05) is 19.5 Å². The maximum Gasteiger partial charge on any atom is 0.434 e. The summed E-state index contributed by atoms with van der Waals surface area (Å²) < 4.78 is 89.2. The molecule has 0 aromatic carbocycles. The van der Waals surface area contributed by atoms with E-state index in [0.29, 0.717) is 17.4 Å². The number of pyridine rings is 1. The van der Waals surface area contributed by atoms with E-state index in [1.165, 1.54) is 14.2 Å². The first-order valence-corrected chi connectivity index (χ1v) is 9.14. The largest absolute Gasteiger partial charge is 0.480 e. The molecule has 1 amide bonds. The van der Waals surface area contributed by atoms with Gasteiger partial charge in [0.15, 0.2) is 16.4 Å². The van der Waals surface area contributed by atoms with Crippen LogP contribution in [0.25, 0.3) is 10.6 Å². The van der Waals surface area contributed by atoms with Crippen molar-refractivity contribution in [1.82, 2.24) is 19.9 Å². The Morgan fingerprint density at radius 3 is 2.12 bits per heavy atom. The van der Waals surface area contributed by atoms with E-state index in [-0.39, 0.29) is 17.3 Å². The number of halogens is 6. The van der Waals surface area contributed by atoms with Crippen LogP contribution in [-0.4, -0.2) is 40.1 Å². The van der Waals surface area contributed by atoms with Gasteiger partial charge in [0.25, 0.3) is 5.91 Å². The summed E-state index contributed by atoms with van der Waals surface area (Å²) >= 11 is 0.293. The maximum atomic E-state index is 13.5. The van der Waals surface area contributed by atoms with E-state index in [1.54, 1.807) is 0 Å². The molecule has 0 aliphatic heterocycles. The molecule has 0 radical (unpaired) electrons. The van der Waals surface area contributed by atoms with Gasteiger partial charge in [-0.1, -0.05) is 17.4 Å². The standard InChI is InChI=1S/C17H11F6N5O3S/c1-30-13-9(14(31-2)25-6-24-13)12(29)28-15-27-11(17(21,22)23)10(32-15)7-4-3-5-8(26-7)16(18,19)20/h3-6H,1-2H3,(H,27,28,29). The average molecular weight is 479 g/mol. The summed E-state index contributed by atoms with van der Waals surface area (Å²) in [5, 5.41) is 1.58. The van der Waals surface area contributed by atoms with Crippen molar-refractivity contribution in [1.29, 1.82) is 0 Å². The minimum absolute atomic E-state index is 0.221. The van der Waals surface area contributed by atoms with Gasteiger partial charge in [-0.3, -0.25) is 10.1 Å². The summed E-state index contributed by atoms with van der Waals surface area (Å²) in [5.41, 5.74) is -3.81. The Morgan fingerprint density at radius 2 is 1.59 bits per heavy atom. The Hall–Kier alpha value is -3.49. The molecule has 0 unspecified atom stereocenters. The highest BCUT2D eigenvalue weighted by Crippen LogP contribution is 2.42. The number of ether oxygens (including phenoxy) is 2. The average Bonchev–Trinajstić information content (AvgIpc) is 3.16. The van der Waals surface area contributed by atoms with Crippen molar-refractivity contribution in [3.63, 3.8) is 0 Å². The van der Waals surface area contributed by atoms with E-state index >= 15 is 0 Å². The predicted octanol–water partition coefficient (Wildman–Crippen LogP) is 4.30. The lowest BCUT2D eigenvalue weighted by molar-refractivity contribution is -0.141. The van der Waals surface area contributed by atoms with Crippen molar-refractivity contribution in [2.45, 2.75) is 12.4 Å². The quantitative estimate of drug-likeness (QED) is 0.545. The fraction of sp³-hybridized carbons (Fsp3) is 0.235. The van der Waals surface area contributed by atoms with Gasteiger partial charge in [-0.15, -0.1) is 0 Å². The zero-order valence-corrected chi connectivity index (χ0v) is 16.8. The molecule has 3 aromatic heterocycles. The van der Waals surface area contributed by atoms with Crippen LogP contribution in [0.3, 0.4) is 0 Å². The topological polar surface area (TPSA) is 99.1 Å². The van der Waals surface area contributed by atoms with Crippen molar-refractivity contribution < 1.29 is 40.6 Å². The Morgan fingerprint density at radius 1 is 0.969 bits per heavy atom. The van der Waals surface area contributed by atoms with Gasteiger partial charge in [-0.25, -0.2) is 19.9 Å². The molecule has 0 spiro atoms. The molecule has 0 bridgehead atoms. The summed E-state index contributed by atoms with van der Waals surface area (Å²) in [6.07, 6.45) is -8.86. The van der Waals surface area contributed by atoms with Crippen LogP contribution >= 0.6 is 11.3 Å². The smallest absolute Gasteiger partial charge is 0.434 e. The molecular weight excluding hydrogens is 468 g/mol. The number of carbonyl (C=O) groups is 1. The molecule has 3 heterocycles. The molecule has 170 valence electrons. The predicted molar refractivity (Wildman–Crippen MR) is 98.4 cm³/mol. The molecule has 1 N–H and O–H groups in total. The van der Waals surface area contributed by atoms with Gasteiger partial charge in [0.2, 0.25) is 11.8 Å². The number of hydrogen-bond acceptors (Lipinski definition) is 8. The van der Waals surface area contributed by atoms with Gasteiger partial charge < -0.3 is 9.47 Å². The summed E-state index contributed by atoms with van der Waals surface area (Å²) in [4.78, 5) is 26.0. The number of alkyl halides is 6. The molecule has 0 saturated carbocycles. The second-order valence-corrected chi connectivity index (χ2v) is 6.82. The number of rotatable bonds is 5. The molecule has 0 aliphatic carbocycles. The first-order valence-electron chi connectivity index (χ1n) is 8.32. The molecule has 32 heavy (non-hydrogen) atoms. The van der Waals surface area contributed by atoms with Crippen LogP contribution in [0.2, 0.25) is 0 Å². The van der Waals surface area contributed by atoms with E-state index in [9.17, 15) is 31.1 Å². The second-order valence-electron chi connectivity index (χ2n) is 5.82. The van der Waals surface area contributed by atoms with Crippen LogP contribution < -0.4 is 14.8 Å². The lowest BCUT2D eigenvalue weighted by atomic mass is 10.2. The highest BCUT2D eigenvalue weighted by atomic mass is 32.1. The lowest BCUT2D eigenvalue weighted by Gasteiger charge is -2.09. The minimum atomic E-state index is -5.03. The fourth-order valence-electron chi connectivity index (χ4n) is 2.48. The maximum absolute atomic E-state index is 13.5. The minimum Gasteiger partial charge on any atom is -0.480 e. The number of carbonyl (C=O) groups excluding carboxylic acids is 1.